The third-order valence-electron chi connectivity index (χ3n) is 12.0. The van der Waals surface area contributed by atoms with Crippen molar-refractivity contribution in [1.82, 2.24) is 0 Å². The van der Waals surface area contributed by atoms with E-state index in [9.17, 15) is 9.59 Å². The quantitative estimate of drug-likeness (QED) is 0.0347. The molecule has 354 valence electrons. The van der Waals surface area contributed by atoms with Crippen LogP contribution in [0.2, 0.25) is 0 Å². The van der Waals surface area contributed by atoms with Gasteiger partial charge in [0.25, 0.3) is 0 Å². The Balaban J connectivity index is 4.12. The van der Waals surface area contributed by atoms with E-state index in [0.29, 0.717) is 26.1 Å². The van der Waals surface area contributed by atoms with Crippen molar-refractivity contribution in [3.8, 4) is 0 Å². The molecule has 0 aromatic carbocycles. The lowest BCUT2D eigenvalue weighted by atomic mass is 10.0. The fourth-order valence-electron chi connectivity index (χ4n) is 7.95. The van der Waals surface area contributed by atoms with Crippen LogP contribution >= 0.6 is 0 Å². The van der Waals surface area contributed by atoms with Crippen molar-refractivity contribution in [2.24, 2.45) is 0 Å². The average Bonchev–Trinajstić information content (AvgIpc) is 3.25. The van der Waals surface area contributed by atoms with Crippen LogP contribution in [0, 0.1) is 0 Å². The molecule has 0 saturated carbocycles. The topological polar surface area (TPSA) is 61.8 Å². The Kier molecular flexibility index (Phi) is 50.3. The predicted molar refractivity (Wildman–Crippen MR) is 261 cm³/mol. The third kappa shape index (κ3) is 49.0. The fraction of sp³-hybridized carbons (Fsp3) is 0.891. The molecule has 0 aromatic heterocycles. The summed E-state index contributed by atoms with van der Waals surface area (Å²) in [4.78, 5) is 25.3. The average molecular weight is 845 g/mol. The van der Waals surface area contributed by atoms with Crippen LogP contribution < -0.4 is 0 Å². The molecule has 0 rings (SSSR count). The minimum Gasteiger partial charge on any atom is -0.462 e. The zero-order valence-electron chi connectivity index (χ0n) is 40.7. The van der Waals surface area contributed by atoms with Crippen LogP contribution in [-0.4, -0.2) is 37.9 Å². The molecule has 0 amide bonds. The lowest BCUT2D eigenvalue weighted by Crippen LogP contribution is -2.30. The van der Waals surface area contributed by atoms with Crippen molar-refractivity contribution >= 4 is 11.9 Å². The highest BCUT2D eigenvalue weighted by atomic mass is 16.6. The van der Waals surface area contributed by atoms with Gasteiger partial charge < -0.3 is 14.2 Å². The maximum atomic E-state index is 12.7. The van der Waals surface area contributed by atoms with Gasteiger partial charge in [0.2, 0.25) is 0 Å². The van der Waals surface area contributed by atoms with Gasteiger partial charge in [-0.2, -0.15) is 0 Å². The van der Waals surface area contributed by atoms with Crippen LogP contribution in [0.1, 0.15) is 290 Å². The van der Waals surface area contributed by atoms with Crippen LogP contribution in [0.4, 0.5) is 0 Å². The van der Waals surface area contributed by atoms with Crippen molar-refractivity contribution in [2.75, 3.05) is 19.8 Å². The summed E-state index contributed by atoms with van der Waals surface area (Å²) in [5.41, 5.74) is 0. The Bertz CT molecular complexity index is 913. The maximum absolute atomic E-state index is 12.7. The molecule has 60 heavy (non-hydrogen) atoms. The first-order valence-corrected chi connectivity index (χ1v) is 26.9. The van der Waals surface area contributed by atoms with Gasteiger partial charge in [-0.1, -0.05) is 251 Å². The van der Waals surface area contributed by atoms with Gasteiger partial charge in [-0.15, -0.1) is 0 Å². The Hall–Kier alpha value is -1.62. The molecule has 0 aliphatic heterocycles. The summed E-state index contributed by atoms with van der Waals surface area (Å²) in [5, 5.41) is 0. The molecule has 1 unspecified atom stereocenters. The number of esters is 2. The molecule has 0 bridgehead atoms. The van der Waals surface area contributed by atoms with Gasteiger partial charge in [-0.05, 0) is 51.4 Å². The maximum Gasteiger partial charge on any atom is 0.306 e. The number of allylic oxidation sites excluding steroid dienone is 4. The minimum atomic E-state index is -0.528. The number of unbranched alkanes of at least 4 members (excludes halogenated alkanes) is 35. The van der Waals surface area contributed by atoms with E-state index in [1.165, 1.54) is 218 Å². The monoisotopic (exact) mass is 845 g/mol. The number of rotatable bonds is 50. The van der Waals surface area contributed by atoms with Gasteiger partial charge >= 0.3 is 11.9 Å². The van der Waals surface area contributed by atoms with Crippen LogP contribution in [0.15, 0.2) is 24.3 Å². The first kappa shape index (κ1) is 58.4. The van der Waals surface area contributed by atoms with Crippen molar-refractivity contribution < 1.29 is 23.8 Å². The van der Waals surface area contributed by atoms with Crippen molar-refractivity contribution in [3.63, 3.8) is 0 Å². The van der Waals surface area contributed by atoms with Crippen LogP contribution in [-0.2, 0) is 23.8 Å². The van der Waals surface area contributed by atoms with Crippen molar-refractivity contribution in [3.05, 3.63) is 24.3 Å². The molecule has 0 aromatic rings. The fourth-order valence-corrected chi connectivity index (χ4v) is 7.95. The zero-order valence-corrected chi connectivity index (χ0v) is 40.7. The molecule has 0 heterocycles. The number of carbonyl (C=O) groups is 2. The summed E-state index contributed by atoms with van der Waals surface area (Å²) >= 11 is 0. The molecule has 5 nitrogen and oxygen atoms in total. The van der Waals surface area contributed by atoms with Gasteiger partial charge in [-0.25, -0.2) is 0 Å². The Morgan fingerprint density at radius 3 is 1.13 bits per heavy atom. The summed E-state index contributed by atoms with van der Waals surface area (Å²) in [6, 6.07) is 0. The molecule has 0 spiro atoms. The van der Waals surface area contributed by atoms with Gasteiger partial charge in [0, 0.05) is 19.4 Å². The number of hydrogen-bond acceptors (Lipinski definition) is 5. The highest BCUT2D eigenvalue weighted by Crippen LogP contribution is 2.16. The van der Waals surface area contributed by atoms with Crippen LogP contribution in [0.25, 0.3) is 0 Å². The van der Waals surface area contributed by atoms with Gasteiger partial charge in [0.1, 0.15) is 6.61 Å². The summed E-state index contributed by atoms with van der Waals surface area (Å²) in [6.45, 7) is 7.84. The lowest BCUT2D eigenvalue weighted by Gasteiger charge is -2.18. The third-order valence-corrected chi connectivity index (χ3v) is 12.0. The van der Waals surface area contributed by atoms with E-state index in [1.54, 1.807) is 0 Å². The summed E-state index contributed by atoms with van der Waals surface area (Å²) in [5.74, 6) is -0.386. The number of carbonyl (C=O) groups excluding carboxylic acids is 2. The minimum absolute atomic E-state index is 0.0905. The van der Waals surface area contributed by atoms with E-state index >= 15 is 0 Å². The molecule has 0 aliphatic rings. The van der Waals surface area contributed by atoms with Crippen LogP contribution in [0.3, 0.4) is 0 Å². The molecule has 0 saturated heterocycles. The Morgan fingerprint density at radius 1 is 0.367 bits per heavy atom. The SMILES string of the molecule is CCCCC/C=C\C/C=C\CCCCCCCCCCCC(=O)OCC(COCCCCCCCCCCCCCCCCCC)OC(=O)CCCCCCCCCCC. The normalized spacial score (nSPS) is 12.2. The Labute approximate surface area is 375 Å². The second-order valence-corrected chi connectivity index (χ2v) is 18.1. The van der Waals surface area contributed by atoms with Crippen molar-refractivity contribution in [2.45, 2.75) is 297 Å². The Morgan fingerprint density at radius 2 is 0.700 bits per heavy atom. The molecule has 0 N–H and O–H groups in total. The summed E-state index contributed by atoms with van der Waals surface area (Å²) in [6.07, 6.45) is 60.5. The first-order chi connectivity index (χ1) is 29.6. The highest BCUT2D eigenvalue weighted by molar-refractivity contribution is 5.70. The van der Waals surface area contributed by atoms with Crippen molar-refractivity contribution in [1.29, 1.82) is 0 Å². The van der Waals surface area contributed by atoms with Crippen LogP contribution in [0.5, 0.6) is 0 Å². The predicted octanol–water partition coefficient (Wildman–Crippen LogP) is 18.0. The molecular weight excluding hydrogens is 741 g/mol. The van der Waals surface area contributed by atoms with E-state index in [0.717, 1.165) is 38.5 Å². The second-order valence-electron chi connectivity index (χ2n) is 18.1. The van der Waals surface area contributed by atoms with Gasteiger partial charge in [0.05, 0.1) is 6.61 Å². The highest BCUT2D eigenvalue weighted by Gasteiger charge is 2.17. The van der Waals surface area contributed by atoms with E-state index in [-0.39, 0.29) is 18.5 Å². The zero-order chi connectivity index (χ0) is 43.5. The smallest absolute Gasteiger partial charge is 0.306 e. The molecular formula is C55H104O5. The van der Waals surface area contributed by atoms with E-state index in [2.05, 4.69) is 45.1 Å². The standard InChI is InChI=1S/C55H104O5/c1-4-7-10-13-16-19-21-23-25-27-28-29-30-32-34-37-39-42-45-48-54(56)59-52-53(60-55(57)49-46-43-40-36-18-15-12-9-6-3)51-58-50-47-44-41-38-35-33-31-26-24-22-20-17-14-11-8-5-2/h16,19,23,25,53H,4-15,17-18,20-22,24,26-52H2,1-3H3/b19-16-,25-23-. The second kappa shape index (κ2) is 51.7. The molecule has 1 atom stereocenters. The van der Waals surface area contributed by atoms with E-state index in [4.69, 9.17) is 14.2 Å². The van der Waals surface area contributed by atoms with Gasteiger partial charge in [0.15, 0.2) is 6.10 Å². The molecule has 0 fully saturated rings. The molecule has 0 aliphatic carbocycles. The number of hydrogen-bond donors (Lipinski definition) is 0. The number of ether oxygens (including phenoxy) is 3. The van der Waals surface area contributed by atoms with E-state index in [1.807, 2.05) is 0 Å². The first-order valence-electron chi connectivity index (χ1n) is 26.9. The largest absolute Gasteiger partial charge is 0.462 e. The lowest BCUT2D eigenvalue weighted by molar-refractivity contribution is -0.163. The summed E-state index contributed by atoms with van der Waals surface area (Å²) in [7, 11) is 0. The molecule has 5 heteroatoms. The van der Waals surface area contributed by atoms with Gasteiger partial charge in [-0.3, -0.25) is 9.59 Å². The van der Waals surface area contributed by atoms with E-state index < -0.39 is 6.10 Å². The molecule has 0 radical (unpaired) electrons. The summed E-state index contributed by atoms with van der Waals surface area (Å²) < 4.78 is 17.4.